The molecule has 1 atom stereocenters. The number of rotatable bonds is 2. The third kappa shape index (κ3) is 2.52. The van der Waals surface area contributed by atoms with E-state index in [-0.39, 0.29) is 5.82 Å². The molecule has 0 radical (unpaired) electrons. The lowest BCUT2D eigenvalue weighted by atomic mass is 9.99. The van der Waals surface area contributed by atoms with Crippen LogP contribution in [0.15, 0.2) is 23.1 Å². The van der Waals surface area contributed by atoms with Gasteiger partial charge in [-0.15, -0.1) is 11.8 Å². The summed E-state index contributed by atoms with van der Waals surface area (Å²) < 4.78 is 13.4. The maximum atomic E-state index is 13.4. The highest BCUT2D eigenvalue weighted by atomic mass is 32.2. The summed E-state index contributed by atoms with van der Waals surface area (Å²) in [6, 6.07) is 5.20. The number of aliphatic hydroxyl groups is 1. The summed E-state index contributed by atoms with van der Waals surface area (Å²) in [5.74, 6) is -0.113. The van der Waals surface area contributed by atoms with E-state index in [1.165, 1.54) is 6.07 Å². The monoisotopic (exact) mass is 226 g/mol. The van der Waals surface area contributed by atoms with Gasteiger partial charge in [-0.25, -0.2) is 4.39 Å². The van der Waals surface area contributed by atoms with Gasteiger partial charge in [0, 0.05) is 15.7 Å². The van der Waals surface area contributed by atoms with Crippen molar-refractivity contribution in [2.45, 2.75) is 42.4 Å². The highest BCUT2D eigenvalue weighted by Crippen LogP contribution is 2.41. The van der Waals surface area contributed by atoms with E-state index in [1.54, 1.807) is 31.7 Å². The largest absolute Gasteiger partial charge is 0.390 e. The third-order valence-electron chi connectivity index (χ3n) is 2.53. The minimum atomic E-state index is -0.670. The van der Waals surface area contributed by atoms with Crippen LogP contribution in [0.1, 0.15) is 25.8 Å². The van der Waals surface area contributed by atoms with Gasteiger partial charge in [0.2, 0.25) is 0 Å². The summed E-state index contributed by atoms with van der Waals surface area (Å²) in [5.41, 5.74) is 0.146. The van der Waals surface area contributed by atoms with Crippen LogP contribution in [0, 0.1) is 5.82 Å². The lowest BCUT2D eigenvalue weighted by molar-refractivity contribution is 0.0708. The topological polar surface area (TPSA) is 20.2 Å². The van der Waals surface area contributed by atoms with Crippen molar-refractivity contribution >= 4 is 11.8 Å². The van der Waals surface area contributed by atoms with Crippen molar-refractivity contribution in [3.05, 3.63) is 29.6 Å². The van der Waals surface area contributed by atoms with E-state index in [0.717, 1.165) is 16.9 Å². The molecule has 82 valence electrons. The minimum Gasteiger partial charge on any atom is -0.390 e. The molecular formula is C12H15FOS. The molecule has 0 amide bonds. The van der Waals surface area contributed by atoms with Gasteiger partial charge in [-0.1, -0.05) is 6.07 Å². The first-order valence-electron chi connectivity index (χ1n) is 5.12. The Balaban J connectivity index is 2.13. The molecule has 0 aromatic heterocycles. The summed E-state index contributed by atoms with van der Waals surface area (Å²) in [7, 11) is 0. The fourth-order valence-corrected chi connectivity index (χ4v) is 3.55. The van der Waals surface area contributed by atoms with E-state index < -0.39 is 5.60 Å². The molecule has 1 N–H and O–H groups in total. The normalized spacial score (nSPS) is 20.4. The Morgan fingerprint density at radius 1 is 1.53 bits per heavy atom. The van der Waals surface area contributed by atoms with Gasteiger partial charge in [0.25, 0.3) is 0 Å². The molecule has 1 aliphatic rings. The van der Waals surface area contributed by atoms with Gasteiger partial charge in [0.1, 0.15) is 5.82 Å². The zero-order valence-electron chi connectivity index (χ0n) is 8.96. The van der Waals surface area contributed by atoms with Crippen molar-refractivity contribution in [1.82, 2.24) is 0 Å². The maximum absolute atomic E-state index is 13.4. The molecule has 1 aliphatic heterocycles. The molecule has 0 saturated heterocycles. The quantitative estimate of drug-likeness (QED) is 0.836. The van der Waals surface area contributed by atoms with E-state index >= 15 is 0 Å². The van der Waals surface area contributed by atoms with Crippen molar-refractivity contribution in [3.8, 4) is 0 Å². The van der Waals surface area contributed by atoms with Crippen LogP contribution in [-0.4, -0.2) is 16.0 Å². The summed E-state index contributed by atoms with van der Waals surface area (Å²) in [4.78, 5) is 1.03. The minimum absolute atomic E-state index is 0.113. The lowest BCUT2D eigenvalue weighted by Gasteiger charge is -2.20. The van der Waals surface area contributed by atoms with Crippen LogP contribution in [0.2, 0.25) is 0 Å². The SMILES string of the molecule is CC(C)(O)CC1Cc2c(F)cccc2S1. The highest BCUT2D eigenvalue weighted by Gasteiger charge is 2.29. The standard InChI is InChI=1S/C12H15FOS/c1-12(2,14)7-8-6-9-10(13)4-3-5-11(9)15-8/h3-5,8,14H,6-7H2,1-2H3. The summed E-state index contributed by atoms with van der Waals surface area (Å²) in [5, 5.41) is 10.0. The Labute approximate surface area is 93.7 Å². The Hall–Kier alpha value is -0.540. The molecular weight excluding hydrogens is 211 g/mol. The maximum Gasteiger partial charge on any atom is 0.127 e. The predicted molar refractivity (Wildman–Crippen MR) is 60.7 cm³/mol. The lowest BCUT2D eigenvalue weighted by Crippen LogP contribution is -2.24. The Kier molecular flexibility index (Phi) is 2.77. The second kappa shape index (κ2) is 3.80. The number of halogens is 1. The second-order valence-corrected chi connectivity index (χ2v) is 6.02. The average molecular weight is 226 g/mol. The molecule has 1 unspecified atom stereocenters. The van der Waals surface area contributed by atoms with Crippen LogP contribution in [0.25, 0.3) is 0 Å². The molecule has 0 fully saturated rings. The number of hydrogen-bond donors (Lipinski definition) is 1. The fourth-order valence-electron chi connectivity index (χ4n) is 1.97. The molecule has 0 aliphatic carbocycles. The van der Waals surface area contributed by atoms with Gasteiger partial charge in [-0.05, 0) is 38.8 Å². The van der Waals surface area contributed by atoms with E-state index in [2.05, 4.69) is 0 Å². The van der Waals surface area contributed by atoms with Gasteiger partial charge < -0.3 is 5.11 Å². The van der Waals surface area contributed by atoms with Gasteiger partial charge in [0.15, 0.2) is 0 Å². The first-order valence-corrected chi connectivity index (χ1v) is 6.00. The summed E-state index contributed by atoms with van der Waals surface area (Å²) >= 11 is 1.68. The first kappa shape index (κ1) is 11.0. The molecule has 1 aromatic carbocycles. The molecule has 3 heteroatoms. The van der Waals surface area contributed by atoms with Gasteiger partial charge in [-0.3, -0.25) is 0 Å². The molecule has 0 saturated carbocycles. The van der Waals surface area contributed by atoms with Gasteiger partial charge in [-0.2, -0.15) is 0 Å². The Morgan fingerprint density at radius 2 is 2.27 bits per heavy atom. The number of fused-ring (bicyclic) bond motifs is 1. The molecule has 0 bridgehead atoms. The van der Waals surface area contributed by atoms with Crippen LogP contribution >= 0.6 is 11.8 Å². The summed E-state index contributed by atoms with van der Waals surface area (Å²) in [6.07, 6.45) is 1.43. The summed E-state index contributed by atoms with van der Waals surface area (Å²) in [6.45, 7) is 3.60. The third-order valence-corrected chi connectivity index (χ3v) is 3.83. The smallest absolute Gasteiger partial charge is 0.127 e. The van der Waals surface area contributed by atoms with Crippen molar-refractivity contribution < 1.29 is 9.50 Å². The van der Waals surface area contributed by atoms with E-state index in [0.29, 0.717) is 11.7 Å². The number of hydrogen-bond acceptors (Lipinski definition) is 2. The molecule has 1 aromatic rings. The molecule has 15 heavy (non-hydrogen) atoms. The van der Waals surface area contributed by atoms with Crippen molar-refractivity contribution in [3.63, 3.8) is 0 Å². The number of benzene rings is 1. The zero-order valence-corrected chi connectivity index (χ0v) is 9.77. The first-order chi connectivity index (χ1) is 6.96. The highest BCUT2D eigenvalue weighted by molar-refractivity contribution is 8.00. The van der Waals surface area contributed by atoms with Gasteiger partial charge in [0.05, 0.1) is 5.60 Å². The Bertz CT molecular complexity index is 370. The van der Waals surface area contributed by atoms with Crippen molar-refractivity contribution in [1.29, 1.82) is 0 Å². The van der Waals surface area contributed by atoms with Crippen LogP contribution in [-0.2, 0) is 6.42 Å². The molecule has 2 rings (SSSR count). The van der Waals surface area contributed by atoms with Crippen LogP contribution in [0.5, 0.6) is 0 Å². The van der Waals surface area contributed by atoms with Crippen LogP contribution in [0.4, 0.5) is 4.39 Å². The molecule has 1 heterocycles. The van der Waals surface area contributed by atoms with E-state index in [1.807, 2.05) is 6.07 Å². The van der Waals surface area contributed by atoms with Crippen LogP contribution < -0.4 is 0 Å². The van der Waals surface area contributed by atoms with Crippen molar-refractivity contribution in [2.75, 3.05) is 0 Å². The zero-order chi connectivity index (χ0) is 11.1. The predicted octanol–water partition coefficient (Wildman–Crippen LogP) is 3.00. The van der Waals surface area contributed by atoms with Crippen molar-refractivity contribution in [2.24, 2.45) is 0 Å². The number of thioether (sulfide) groups is 1. The molecule has 1 nitrogen and oxygen atoms in total. The van der Waals surface area contributed by atoms with E-state index in [4.69, 9.17) is 0 Å². The van der Waals surface area contributed by atoms with E-state index in [9.17, 15) is 9.50 Å². The second-order valence-electron chi connectivity index (χ2n) is 4.68. The van der Waals surface area contributed by atoms with Crippen LogP contribution in [0.3, 0.4) is 0 Å². The Morgan fingerprint density at radius 3 is 2.87 bits per heavy atom. The average Bonchev–Trinajstić information content (AvgIpc) is 2.45. The molecule has 0 spiro atoms. The van der Waals surface area contributed by atoms with Gasteiger partial charge >= 0.3 is 0 Å². The fraction of sp³-hybridized carbons (Fsp3) is 0.500.